The second kappa shape index (κ2) is 17.1. The summed E-state index contributed by atoms with van der Waals surface area (Å²) in [7, 11) is 2.93. The van der Waals surface area contributed by atoms with Crippen molar-refractivity contribution < 1.29 is 19.2 Å². The topological polar surface area (TPSA) is 79.0 Å². The third-order valence-corrected chi connectivity index (χ3v) is 8.50. The summed E-state index contributed by atoms with van der Waals surface area (Å²) in [6.07, 6.45) is 8.03. The molecule has 2 atom stereocenters. The molecule has 224 valence electrons. The summed E-state index contributed by atoms with van der Waals surface area (Å²) in [5.41, 5.74) is 2.29. The number of carbonyl (C=O) groups excluding carboxylic acids is 3. The molecule has 41 heavy (non-hydrogen) atoms. The Kier molecular flexibility index (Phi) is 13.6. The average Bonchev–Trinajstić information content (AvgIpc) is 2.99. The molecule has 3 rings (SSSR count). The molecule has 0 heterocycles. The van der Waals surface area contributed by atoms with Crippen LogP contribution in [0.3, 0.4) is 0 Å². The molecule has 0 bridgehead atoms. The Morgan fingerprint density at radius 2 is 1.73 bits per heavy atom. The van der Waals surface area contributed by atoms with Crippen molar-refractivity contribution in [1.29, 1.82) is 0 Å². The van der Waals surface area contributed by atoms with Crippen molar-refractivity contribution in [1.82, 2.24) is 15.3 Å². The smallest absolute Gasteiger partial charge is 0.268 e. The fraction of sp³-hybridized carbons (Fsp3) is 0.545. The lowest BCUT2D eigenvalue weighted by molar-refractivity contribution is -0.172. The van der Waals surface area contributed by atoms with Gasteiger partial charge in [0.05, 0.1) is 7.11 Å². The Morgan fingerprint density at radius 3 is 2.39 bits per heavy atom. The van der Waals surface area contributed by atoms with Crippen LogP contribution in [0.2, 0.25) is 5.02 Å². The standard InChI is InChI=1S/C33H46ClN3O4/c1-4-37(21-20-25-12-7-5-8-13-25)32(39)19-18-30(33(40)36(2)41-3)35-31(38)24-28(27-15-9-6-10-16-27)22-26-14-11-17-29(34)23-26/h5,7-8,11-14,17,23,27-28,30H,4,6,9-10,15-16,18-22,24H2,1-3H3,(H,35,38)/t28-,30+/m1/s1. The second-order valence-corrected chi connectivity index (χ2v) is 11.5. The van der Waals surface area contributed by atoms with Gasteiger partial charge in [0.2, 0.25) is 11.8 Å². The number of nitrogens with one attached hydrogen (secondary N) is 1. The first kappa shape index (κ1) is 32.6. The minimum atomic E-state index is -0.845. The van der Waals surface area contributed by atoms with Crippen molar-refractivity contribution in [3.8, 4) is 0 Å². The van der Waals surface area contributed by atoms with E-state index in [9.17, 15) is 14.4 Å². The van der Waals surface area contributed by atoms with Crippen LogP contribution >= 0.6 is 11.6 Å². The average molecular weight is 584 g/mol. The van der Waals surface area contributed by atoms with Crippen LogP contribution in [0, 0.1) is 11.8 Å². The number of hydrogen-bond acceptors (Lipinski definition) is 4. The molecule has 0 unspecified atom stereocenters. The summed E-state index contributed by atoms with van der Waals surface area (Å²) in [5, 5.41) is 4.77. The van der Waals surface area contributed by atoms with Gasteiger partial charge in [0.1, 0.15) is 6.04 Å². The molecule has 1 N–H and O–H groups in total. The van der Waals surface area contributed by atoms with Gasteiger partial charge in [-0.1, -0.05) is 86.2 Å². The zero-order valence-electron chi connectivity index (χ0n) is 24.8. The lowest BCUT2D eigenvalue weighted by atomic mass is 9.76. The predicted molar refractivity (Wildman–Crippen MR) is 163 cm³/mol. The molecule has 0 spiro atoms. The van der Waals surface area contributed by atoms with Crippen LogP contribution in [0.5, 0.6) is 0 Å². The van der Waals surface area contributed by atoms with E-state index in [0.717, 1.165) is 36.3 Å². The van der Waals surface area contributed by atoms with Crippen molar-refractivity contribution >= 4 is 29.3 Å². The quantitative estimate of drug-likeness (QED) is 0.267. The van der Waals surface area contributed by atoms with Crippen LogP contribution in [0.1, 0.15) is 69.4 Å². The number of carbonyl (C=O) groups is 3. The van der Waals surface area contributed by atoms with Crippen LogP contribution < -0.4 is 5.32 Å². The highest BCUT2D eigenvalue weighted by atomic mass is 35.5. The lowest BCUT2D eigenvalue weighted by Gasteiger charge is -2.31. The number of amides is 3. The van der Waals surface area contributed by atoms with Crippen molar-refractivity contribution in [2.45, 2.75) is 77.2 Å². The number of hydroxylamine groups is 2. The van der Waals surface area contributed by atoms with Crippen LogP contribution in [0.15, 0.2) is 54.6 Å². The van der Waals surface area contributed by atoms with Gasteiger partial charge in [0, 0.05) is 38.0 Å². The molecule has 0 aromatic heterocycles. The van der Waals surface area contributed by atoms with Gasteiger partial charge in [-0.05, 0) is 61.3 Å². The first-order valence-electron chi connectivity index (χ1n) is 15.0. The number of rotatable bonds is 15. The first-order chi connectivity index (χ1) is 19.8. The van der Waals surface area contributed by atoms with Crippen LogP contribution in [0.25, 0.3) is 0 Å². The van der Waals surface area contributed by atoms with E-state index in [0.29, 0.717) is 30.5 Å². The van der Waals surface area contributed by atoms with E-state index in [1.165, 1.54) is 39.0 Å². The monoisotopic (exact) mass is 583 g/mol. The van der Waals surface area contributed by atoms with Gasteiger partial charge in [0.25, 0.3) is 5.91 Å². The maximum atomic E-state index is 13.4. The maximum Gasteiger partial charge on any atom is 0.268 e. The molecule has 0 radical (unpaired) electrons. The third kappa shape index (κ3) is 10.8. The van der Waals surface area contributed by atoms with Gasteiger partial charge < -0.3 is 10.2 Å². The van der Waals surface area contributed by atoms with Gasteiger partial charge in [-0.25, -0.2) is 5.06 Å². The minimum Gasteiger partial charge on any atom is -0.344 e. The molecule has 1 saturated carbocycles. The third-order valence-electron chi connectivity index (χ3n) is 8.26. The van der Waals surface area contributed by atoms with E-state index >= 15 is 0 Å². The SMILES string of the molecule is CCN(CCc1ccccc1)C(=O)CC[C@H](NC(=O)C[C@@H](Cc1cccc(Cl)c1)C1CCCCC1)C(=O)N(C)OC. The molecule has 3 amide bonds. The Hall–Kier alpha value is -2.90. The Balaban J connectivity index is 1.64. The summed E-state index contributed by atoms with van der Waals surface area (Å²) < 4.78 is 0. The molecule has 1 fully saturated rings. The first-order valence-corrected chi connectivity index (χ1v) is 15.4. The van der Waals surface area contributed by atoms with E-state index < -0.39 is 6.04 Å². The highest BCUT2D eigenvalue weighted by Crippen LogP contribution is 2.34. The Morgan fingerprint density at radius 1 is 1.02 bits per heavy atom. The zero-order valence-corrected chi connectivity index (χ0v) is 25.6. The van der Waals surface area contributed by atoms with Crippen LogP contribution in [-0.4, -0.2) is 61.0 Å². The highest BCUT2D eigenvalue weighted by molar-refractivity contribution is 6.30. The molecular weight excluding hydrogens is 538 g/mol. The van der Waals surface area contributed by atoms with Crippen molar-refractivity contribution in [2.24, 2.45) is 11.8 Å². The molecule has 1 aliphatic rings. The van der Waals surface area contributed by atoms with E-state index in [4.69, 9.17) is 16.4 Å². The number of likely N-dealkylation sites (N-methyl/N-ethyl adjacent to an activating group) is 2. The largest absolute Gasteiger partial charge is 0.344 e. The van der Waals surface area contributed by atoms with Crippen molar-refractivity contribution in [2.75, 3.05) is 27.2 Å². The molecule has 0 aliphatic heterocycles. The normalized spacial score (nSPS) is 15.1. The fourth-order valence-electron chi connectivity index (χ4n) is 5.83. The second-order valence-electron chi connectivity index (χ2n) is 11.1. The summed E-state index contributed by atoms with van der Waals surface area (Å²) in [6.45, 7) is 3.15. The lowest BCUT2D eigenvalue weighted by Crippen LogP contribution is -2.48. The van der Waals surface area contributed by atoms with E-state index in [1.807, 2.05) is 43.3 Å². The number of halogens is 1. The number of hydrogen-bond donors (Lipinski definition) is 1. The van der Waals surface area contributed by atoms with Crippen molar-refractivity contribution in [3.63, 3.8) is 0 Å². The molecule has 2 aromatic carbocycles. The fourth-order valence-corrected chi connectivity index (χ4v) is 6.04. The van der Waals surface area contributed by atoms with Crippen LogP contribution in [0.4, 0.5) is 0 Å². The van der Waals surface area contributed by atoms with Crippen molar-refractivity contribution in [3.05, 3.63) is 70.7 Å². The summed E-state index contributed by atoms with van der Waals surface area (Å²) in [6, 6.07) is 17.1. The molecule has 0 saturated heterocycles. The highest BCUT2D eigenvalue weighted by Gasteiger charge is 2.30. The van der Waals surface area contributed by atoms with Gasteiger partial charge in [-0.15, -0.1) is 0 Å². The molecular formula is C33H46ClN3O4. The summed E-state index contributed by atoms with van der Waals surface area (Å²) in [5.74, 6) is 0.0319. The molecule has 2 aromatic rings. The number of benzene rings is 2. The summed E-state index contributed by atoms with van der Waals surface area (Å²) in [4.78, 5) is 46.6. The van der Waals surface area contributed by atoms with Gasteiger partial charge in [0.15, 0.2) is 0 Å². The Bertz CT molecular complexity index is 1110. The van der Waals surface area contributed by atoms with Gasteiger partial charge in [-0.2, -0.15) is 0 Å². The molecule has 1 aliphatic carbocycles. The van der Waals surface area contributed by atoms with E-state index in [2.05, 4.69) is 23.5 Å². The maximum absolute atomic E-state index is 13.4. The Labute approximate surface area is 250 Å². The predicted octanol–water partition coefficient (Wildman–Crippen LogP) is 5.85. The van der Waals surface area contributed by atoms with Gasteiger partial charge >= 0.3 is 0 Å². The summed E-state index contributed by atoms with van der Waals surface area (Å²) >= 11 is 6.25. The number of nitrogens with zero attached hydrogens (tertiary/aromatic N) is 2. The van der Waals surface area contributed by atoms with E-state index in [-0.39, 0.29) is 36.5 Å². The minimum absolute atomic E-state index is 0.0309. The van der Waals surface area contributed by atoms with E-state index in [1.54, 1.807) is 4.90 Å². The molecule has 7 nitrogen and oxygen atoms in total. The van der Waals surface area contributed by atoms with Gasteiger partial charge in [-0.3, -0.25) is 19.2 Å². The van der Waals surface area contributed by atoms with Crippen LogP contribution in [-0.2, 0) is 32.1 Å². The molecule has 8 heteroatoms. The zero-order chi connectivity index (χ0) is 29.6.